The third-order valence-corrected chi connectivity index (χ3v) is 2.41. The summed E-state index contributed by atoms with van der Waals surface area (Å²) in [5, 5.41) is 17.5. The summed E-state index contributed by atoms with van der Waals surface area (Å²) in [6, 6.07) is 1.69. The number of hydrogen-bond acceptors (Lipinski definition) is 3. The Morgan fingerprint density at radius 2 is 2.14 bits per heavy atom. The quantitative estimate of drug-likeness (QED) is 0.723. The molecule has 0 aromatic carbocycles. The molecule has 80 valence electrons. The van der Waals surface area contributed by atoms with E-state index < -0.39 is 12.0 Å². The first-order chi connectivity index (χ1) is 6.30. The molecule has 1 unspecified atom stereocenters. The van der Waals surface area contributed by atoms with E-state index in [2.05, 4.69) is 6.07 Å². The maximum absolute atomic E-state index is 10.6. The van der Waals surface area contributed by atoms with Gasteiger partial charge in [-0.1, -0.05) is 0 Å². The normalized spacial score (nSPS) is 13.7. The van der Waals surface area contributed by atoms with E-state index in [1.54, 1.807) is 18.9 Å². The van der Waals surface area contributed by atoms with Gasteiger partial charge in [0.05, 0.1) is 11.5 Å². The molecule has 14 heavy (non-hydrogen) atoms. The number of hydrogen-bond donors (Lipinski definition) is 1. The summed E-state index contributed by atoms with van der Waals surface area (Å²) >= 11 is 0. The molecule has 0 aliphatic rings. The molecule has 4 heteroatoms. The zero-order chi connectivity index (χ0) is 11.4. The fourth-order valence-electron chi connectivity index (χ4n) is 0.894. The van der Waals surface area contributed by atoms with E-state index in [1.165, 1.54) is 0 Å². The summed E-state index contributed by atoms with van der Waals surface area (Å²) < 4.78 is 0. The van der Waals surface area contributed by atoms with Crippen LogP contribution in [0, 0.1) is 16.7 Å². The number of carboxylic acids is 1. The molecule has 0 aromatic rings. The van der Waals surface area contributed by atoms with Crippen molar-refractivity contribution in [3.05, 3.63) is 0 Å². The number of nitriles is 1. The molecular weight excluding hydrogens is 180 g/mol. The van der Waals surface area contributed by atoms with Crippen LogP contribution in [0.15, 0.2) is 0 Å². The van der Waals surface area contributed by atoms with Crippen LogP contribution in [-0.2, 0) is 4.79 Å². The molecule has 0 heterocycles. The number of carbonyl (C=O) groups is 1. The summed E-state index contributed by atoms with van der Waals surface area (Å²) in [6.45, 7) is 5.97. The van der Waals surface area contributed by atoms with Crippen molar-refractivity contribution in [3.63, 3.8) is 0 Å². The van der Waals surface area contributed by atoms with Gasteiger partial charge in [-0.3, -0.25) is 9.69 Å². The van der Waals surface area contributed by atoms with Crippen LogP contribution in [0.2, 0.25) is 0 Å². The molecule has 0 amide bonds. The number of carboxylic acid groups (broad SMARTS) is 1. The van der Waals surface area contributed by atoms with E-state index in [1.807, 2.05) is 13.8 Å². The smallest absolute Gasteiger partial charge is 0.320 e. The summed E-state index contributed by atoms with van der Waals surface area (Å²) in [6.07, 6.45) is 0.678. The number of likely N-dealkylation sites (N-methyl/N-ethyl adjacent to an activating group) is 1. The predicted octanol–water partition coefficient (Wildman–Crippen LogP) is 1.33. The average Bonchev–Trinajstić information content (AvgIpc) is 2.13. The van der Waals surface area contributed by atoms with E-state index in [0.29, 0.717) is 13.0 Å². The van der Waals surface area contributed by atoms with Crippen molar-refractivity contribution in [2.24, 2.45) is 5.41 Å². The third-order valence-electron chi connectivity index (χ3n) is 2.41. The second-order valence-electron chi connectivity index (χ2n) is 4.24. The van der Waals surface area contributed by atoms with Gasteiger partial charge in [-0.05, 0) is 34.2 Å². The van der Waals surface area contributed by atoms with E-state index >= 15 is 0 Å². The predicted molar refractivity (Wildman–Crippen MR) is 53.7 cm³/mol. The Morgan fingerprint density at radius 3 is 2.50 bits per heavy atom. The lowest BCUT2D eigenvalue weighted by Crippen LogP contribution is -2.37. The van der Waals surface area contributed by atoms with Crippen LogP contribution in [0.5, 0.6) is 0 Å². The molecule has 0 saturated heterocycles. The Morgan fingerprint density at radius 1 is 1.64 bits per heavy atom. The zero-order valence-electron chi connectivity index (χ0n) is 9.24. The highest BCUT2D eigenvalue weighted by Gasteiger charge is 2.21. The van der Waals surface area contributed by atoms with E-state index in [4.69, 9.17) is 10.4 Å². The fraction of sp³-hybridized carbons (Fsp3) is 0.800. The highest BCUT2D eigenvalue weighted by Crippen LogP contribution is 2.18. The first-order valence-corrected chi connectivity index (χ1v) is 4.64. The van der Waals surface area contributed by atoms with Crippen molar-refractivity contribution < 1.29 is 9.90 Å². The molecule has 0 bridgehead atoms. The molecule has 0 aliphatic carbocycles. The standard InChI is InChI=1S/C10H18N2O2/c1-8(9(13)14)12(4)6-5-10(2,3)7-11/h8H,5-6H2,1-4H3,(H,13,14). The highest BCUT2D eigenvalue weighted by molar-refractivity contribution is 5.72. The Balaban J connectivity index is 4.04. The first-order valence-electron chi connectivity index (χ1n) is 4.64. The average molecular weight is 198 g/mol. The maximum Gasteiger partial charge on any atom is 0.320 e. The molecule has 0 rings (SSSR count). The molecule has 0 aromatic heterocycles. The van der Waals surface area contributed by atoms with Crippen molar-refractivity contribution in [2.75, 3.05) is 13.6 Å². The molecule has 1 N–H and O–H groups in total. The molecule has 0 spiro atoms. The highest BCUT2D eigenvalue weighted by atomic mass is 16.4. The Labute approximate surface area is 85.1 Å². The van der Waals surface area contributed by atoms with E-state index in [9.17, 15) is 4.79 Å². The lowest BCUT2D eigenvalue weighted by atomic mass is 9.91. The molecular formula is C10H18N2O2. The van der Waals surface area contributed by atoms with Gasteiger partial charge < -0.3 is 5.11 Å². The largest absolute Gasteiger partial charge is 0.480 e. The van der Waals surface area contributed by atoms with Crippen LogP contribution >= 0.6 is 0 Å². The SMILES string of the molecule is CC(C(=O)O)N(C)CCC(C)(C)C#N. The van der Waals surface area contributed by atoms with Crippen molar-refractivity contribution in [1.82, 2.24) is 4.90 Å². The maximum atomic E-state index is 10.6. The zero-order valence-corrected chi connectivity index (χ0v) is 9.24. The van der Waals surface area contributed by atoms with Gasteiger partial charge in [0.25, 0.3) is 0 Å². The molecule has 0 fully saturated rings. The van der Waals surface area contributed by atoms with Crippen LogP contribution in [0.3, 0.4) is 0 Å². The Bertz CT molecular complexity index is 243. The monoisotopic (exact) mass is 198 g/mol. The summed E-state index contributed by atoms with van der Waals surface area (Å²) in [5.41, 5.74) is -0.382. The van der Waals surface area contributed by atoms with Gasteiger partial charge in [-0.25, -0.2) is 0 Å². The van der Waals surface area contributed by atoms with Crippen molar-refractivity contribution in [1.29, 1.82) is 5.26 Å². The number of aliphatic carboxylic acids is 1. The van der Waals surface area contributed by atoms with Crippen LogP contribution in [0.4, 0.5) is 0 Å². The third kappa shape index (κ3) is 4.24. The Kier molecular flexibility index (Phi) is 4.58. The van der Waals surface area contributed by atoms with Crippen LogP contribution < -0.4 is 0 Å². The van der Waals surface area contributed by atoms with Gasteiger partial charge in [-0.15, -0.1) is 0 Å². The van der Waals surface area contributed by atoms with Gasteiger partial charge in [0, 0.05) is 6.54 Å². The van der Waals surface area contributed by atoms with Crippen molar-refractivity contribution >= 4 is 5.97 Å². The lowest BCUT2D eigenvalue weighted by molar-refractivity contribution is -0.142. The van der Waals surface area contributed by atoms with Crippen LogP contribution in [-0.4, -0.2) is 35.6 Å². The topological polar surface area (TPSA) is 64.3 Å². The number of rotatable bonds is 5. The van der Waals surface area contributed by atoms with E-state index in [-0.39, 0.29) is 5.41 Å². The van der Waals surface area contributed by atoms with Gasteiger partial charge in [0.15, 0.2) is 0 Å². The van der Waals surface area contributed by atoms with Crippen molar-refractivity contribution in [3.8, 4) is 6.07 Å². The van der Waals surface area contributed by atoms with E-state index in [0.717, 1.165) is 0 Å². The Hall–Kier alpha value is -1.08. The molecule has 0 saturated carbocycles. The van der Waals surface area contributed by atoms with Gasteiger partial charge >= 0.3 is 5.97 Å². The molecule has 0 aliphatic heterocycles. The van der Waals surface area contributed by atoms with Crippen molar-refractivity contribution in [2.45, 2.75) is 33.2 Å². The molecule has 0 radical (unpaired) electrons. The second kappa shape index (κ2) is 4.97. The summed E-state index contributed by atoms with van der Waals surface area (Å²) in [7, 11) is 1.76. The number of nitrogens with zero attached hydrogens (tertiary/aromatic N) is 2. The summed E-state index contributed by atoms with van der Waals surface area (Å²) in [5.74, 6) is -0.831. The molecule has 1 atom stereocenters. The lowest BCUT2D eigenvalue weighted by Gasteiger charge is -2.24. The minimum absolute atomic E-state index is 0.382. The minimum atomic E-state index is -0.831. The fourth-order valence-corrected chi connectivity index (χ4v) is 0.894. The second-order valence-corrected chi connectivity index (χ2v) is 4.24. The molecule has 4 nitrogen and oxygen atoms in total. The van der Waals surface area contributed by atoms with Gasteiger partial charge in [0.2, 0.25) is 0 Å². The van der Waals surface area contributed by atoms with Crippen LogP contribution in [0.1, 0.15) is 27.2 Å². The minimum Gasteiger partial charge on any atom is -0.480 e. The van der Waals surface area contributed by atoms with Gasteiger partial charge in [0.1, 0.15) is 6.04 Å². The summed E-state index contributed by atoms with van der Waals surface area (Å²) in [4.78, 5) is 12.4. The van der Waals surface area contributed by atoms with Crippen LogP contribution in [0.25, 0.3) is 0 Å². The van der Waals surface area contributed by atoms with Gasteiger partial charge in [-0.2, -0.15) is 5.26 Å². The first kappa shape index (κ1) is 12.9.